The third-order valence-corrected chi connectivity index (χ3v) is 10.5. The van der Waals surface area contributed by atoms with Crippen molar-refractivity contribution in [1.29, 1.82) is 0 Å². The predicted molar refractivity (Wildman–Crippen MR) is 193 cm³/mol. The quantitative estimate of drug-likeness (QED) is 0.249. The number of ether oxygens (including phenoxy) is 2. The van der Waals surface area contributed by atoms with E-state index in [1.165, 1.54) is 0 Å². The monoisotopic (exact) mass is 672 g/mol. The fourth-order valence-corrected chi connectivity index (χ4v) is 8.18. The Kier molecular flexibility index (Phi) is 11.2. The third-order valence-electron chi connectivity index (χ3n) is 10.5. The zero-order chi connectivity index (χ0) is 35.5. The number of aliphatic hydroxyl groups excluding tert-OH is 1. The third kappa shape index (κ3) is 6.36. The predicted octanol–water partition coefficient (Wildman–Crippen LogP) is 5.06. The number of likely N-dealkylation sites (tertiary alicyclic amines) is 1. The van der Waals surface area contributed by atoms with Crippen LogP contribution in [0.5, 0.6) is 5.75 Å². The minimum atomic E-state index is -1.22. The van der Waals surface area contributed by atoms with Crippen LogP contribution in [0.1, 0.15) is 47.5 Å². The van der Waals surface area contributed by atoms with Gasteiger partial charge in [0.2, 0.25) is 11.8 Å². The van der Waals surface area contributed by atoms with Crippen molar-refractivity contribution < 1.29 is 29.0 Å². The van der Waals surface area contributed by atoms with E-state index in [1.54, 1.807) is 26.9 Å². The summed E-state index contributed by atoms with van der Waals surface area (Å²) in [6.45, 7) is 20.1. The Labute approximate surface area is 290 Å². The second kappa shape index (κ2) is 15.2. The number of amides is 3. The molecule has 3 aliphatic rings. The average Bonchev–Trinajstić information content (AvgIpc) is 3.75. The fourth-order valence-electron chi connectivity index (χ4n) is 8.18. The van der Waals surface area contributed by atoms with Crippen LogP contribution in [0.3, 0.4) is 0 Å². The van der Waals surface area contributed by atoms with E-state index in [2.05, 4.69) is 31.9 Å². The van der Waals surface area contributed by atoms with Gasteiger partial charge < -0.3 is 34.2 Å². The Hall–Kier alpha value is -4.15. The first-order valence-corrected chi connectivity index (χ1v) is 17.6. The molecule has 5 rings (SSSR count). The highest BCUT2D eigenvalue weighted by molar-refractivity contribution is 6.06. The number of carbonyl (C=O) groups is 3. The molecule has 0 saturated carbocycles. The number of aliphatic hydroxyl groups is 1. The number of hydrogen-bond acceptors (Lipinski definition) is 7. The Bertz CT molecular complexity index is 1510. The van der Waals surface area contributed by atoms with E-state index in [0.29, 0.717) is 36.6 Å². The van der Waals surface area contributed by atoms with Gasteiger partial charge in [0.25, 0.3) is 5.91 Å². The van der Waals surface area contributed by atoms with Gasteiger partial charge in [-0.2, -0.15) is 0 Å². The molecule has 2 aromatic rings. The summed E-state index contributed by atoms with van der Waals surface area (Å²) in [6, 6.07) is 13.4. The van der Waals surface area contributed by atoms with Crippen LogP contribution in [0.2, 0.25) is 0 Å². The number of hydrogen-bond donors (Lipinski definition) is 1. The Morgan fingerprint density at radius 3 is 2.02 bits per heavy atom. The molecule has 3 saturated heterocycles. The summed E-state index contributed by atoms with van der Waals surface area (Å²) in [5.41, 5.74) is 1.15. The highest BCUT2D eigenvalue weighted by Gasteiger charge is 2.75. The van der Waals surface area contributed by atoms with Gasteiger partial charge in [-0.25, -0.2) is 0 Å². The molecule has 1 N–H and O–H groups in total. The normalized spacial score (nSPS) is 24.5. The largest absolute Gasteiger partial charge is 0.494 e. The average molecular weight is 673 g/mol. The van der Waals surface area contributed by atoms with Gasteiger partial charge in [-0.3, -0.25) is 14.4 Å². The molecule has 3 heterocycles. The number of anilines is 3. The maximum atomic E-state index is 15.0. The van der Waals surface area contributed by atoms with Gasteiger partial charge >= 0.3 is 0 Å². The van der Waals surface area contributed by atoms with Gasteiger partial charge in [-0.05, 0) is 88.1 Å². The maximum Gasteiger partial charge on any atom is 0.253 e. The Morgan fingerprint density at radius 2 is 1.51 bits per heavy atom. The maximum absolute atomic E-state index is 15.0. The SMILES string of the molecule is C=CCN(C(=O)C1N([C@@H](CO)C(C)C)C(=O)[C@@H]2[C@H](C(=O)N(CC=C)c3ccc(OCC)cc3)[C@@H]3CCC12O3)c1ccc(N(CC)CC)cc1. The Morgan fingerprint density at radius 1 is 0.959 bits per heavy atom. The summed E-state index contributed by atoms with van der Waals surface area (Å²) in [5.74, 6) is -2.04. The van der Waals surface area contributed by atoms with Crippen LogP contribution in [-0.4, -0.2) is 90.9 Å². The van der Waals surface area contributed by atoms with Crippen molar-refractivity contribution in [3.8, 4) is 5.75 Å². The van der Waals surface area contributed by atoms with Crippen molar-refractivity contribution in [3.05, 3.63) is 73.8 Å². The molecule has 0 aliphatic carbocycles. The summed E-state index contributed by atoms with van der Waals surface area (Å²) in [5, 5.41) is 10.7. The molecule has 0 aromatic heterocycles. The van der Waals surface area contributed by atoms with Crippen molar-refractivity contribution in [2.45, 2.75) is 71.2 Å². The van der Waals surface area contributed by atoms with Crippen molar-refractivity contribution in [3.63, 3.8) is 0 Å². The molecule has 3 aliphatic heterocycles. The van der Waals surface area contributed by atoms with Crippen molar-refractivity contribution >= 4 is 34.8 Å². The standard InChI is InChI=1S/C39H52N4O6/c1-8-23-41(29-17-19-30(20-18-29)48-12-5)36(45)33-32-21-22-39(49-32)34(33)37(46)43(31(25-44)26(6)7)35(39)38(47)42(24-9-2)28-15-13-27(14-16-28)40(10-3)11-4/h8-9,13-20,26,31-35,44H,1-2,10-12,21-25H2,3-7H3/t31-,32-,33+,34-,35?,39?/m0/s1. The molecule has 0 radical (unpaired) electrons. The zero-order valence-electron chi connectivity index (χ0n) is 29.6. The fraction of sp³-hybridized carbons (Fsp3) is 0.513. The lowest BCUT2D eigenvalue weighted by atomic mass is 9.70. The number of nitrogens with zero attached hydrogens (tertiary/aromatic N) is 4. The molecule has 2 aromatic carbocycles. The van der Waals surface area contributed by atoms with Gasteiger partial charge in [0.05, 0.1) is 37.2 Å². The van der Waals surface area contributed by atoms with E-state index < -0.39 is 35.6 Å². The summed E-state index contributed by atoms with van der Waals surface area (Å²) >= 11 is 0. The lowest BCUT2D eigenvalue weighted by Crippen LogP contribution is -2.59. The van der Waals surface area contributed by atoms with Crippen LogP contribution in [-0.2, 0) is 19.1 Å². The number of rotatable bonds is 16. The van der Waals surface area contributed by atoms with Crippen LogP contribution in [0.25, 0.3) is 0 Å². The van der Waals surface area contributed by atoms with E-state index in [1.807, 2.05) is 69.3 Å². The van der Waals surface area contributed by atoms with E-state index in [0.717, 1.165) is 18.8 Å². The molecular formula is C39H52N4O6. The van der Waals surface area contributed by atoms with Crippen LogP contribution in [0.4, 0.5) is 17.1 Å². The van der Waals surface area contributed by atoms with E-state index >= 15 is 4.79 Å². The summed E-state index contributed by atoms with van der Waals surface area (Å²) < 4.78 is 12.4. The van der Waals surface area contributed by atoms with Gasteiger partial charge in [0.1, 0.15) is 17.4 Å². The number of benzene rings is 2. The molecule has 1 spiro atoms. The van der Waals surface area contributed by atoms with Crippen molar-refractivity contribution in [2.24, 2.45) is 17.8 Å². The smallest absolute Gasteiger partial charge is 0.253 e. The first kappa shape index (κ1) is 36.1. The second-order valence-corrected chi connectivity index (χ2v) is 13.4. The molecule has 2 unspecified atom stereocenters. The first-order valence-electron chi connectivity index (χ1n) is 17.6. The topological polar surface area (TPSA) is 103 Å². The summed E-state index contributed by atoms with van der Waals surface area (Å²) in [7, 11) is 0. The van der Waals surface area contributed by atoms with Gasteiger partial charge in [-0.1, -0.05) is 26.0 Å². The molecule has 3 fully saturated rings. The van der Waals surface area contributed by atoms with Crippen LogP contribution in [0, 0.1) is 17.8 Å². The minimum Gasteiger partial charge on any atom is -0.494 e. The van der Waals surface area contributed by atoms with Gasteiger partial charge in [0, 0.05) is 43.2 Å². The Balaban J connectivity index is 1.56. The molecule has 49 heavy (non-hydrogen) atoms. The summed E-state index contributed by atoms with van der Waals surface area (Å²) in [4.78, 5) is 51.4. The summed E-state index contributed by atoms with van der Waals surface area (Å²) in [6.07, 6.45) is 3.79. The highest BCUT2D eigenvalue weighted by Crippen LogP contribution is 2.59. The van der Waals surface area contributed by atoms with E-state index in [9.17, 15) is 14.7 Å². The lowest BCUT2D eigenvalue weighted by molar-refractivity contribution is -0.145. The highest BCUT2D eigenvalue weighted by atomic mass is 16.5. The van der Waals surface area contributed by atoms with Crippen molar-refractivity contribution in [2.75, 3.05) is 54.1 Å². The van der Waals surface area contributed by atoms with E-state index in [4.69, 9.17) is 9.47 Å². The molecule has 3 amide bonds. The molecular weight excluding hydrogens is 620 g/mol. The molecule has 2 bridgehead atoms. The molecule has 264 valence electrons. The lowest BCUT2D eigenvalue weighted by Gasteiger charge is -2.40. The number of fused-ring (bicyclic) bond motifs is 1. The molecule has 10 heteroatoms. The second-order valence-electron chi connectivity index (χ2n) is 13.4. The molecule has 10 nitrogen and oxygen atoms in total. The van der Waals surface area contributed by atoms with Gasteiger partial charge in [0.15, 0.2) is 0 Å². The van der Waals surface area contributed by atoms with Crippen LogP contribution < -0.4 is 19.4 Å². The van der Waals surface area contributed by atoms with E-state index in [-0.39, 0.29) is 43.3 Å². The molecule has 6 atom stereocenters. The van der Waals surface area contributed by atoms with Crippen LogP contribution in [0.15, 0.2) is 73.8 Å². The van der Waals surface area contributed by atoms with Gasteiger partial charge in [-0.15, -0.1) is 13.2 Å². The van der Waals surface area contributed by atoms with Crippen molar-refractivity contribution in [1.82, 2.24) is 4.90 Å². The van der Waals surface area contributed by atoms with Crippen LogP contribution >= 0.6 is 0 Å². The number of carbonyl (C=O) groups excluding carboxylic acids is 3. The zero-order valence-corrected chi connectivity index (χ0v) is 29.6. The first-order chi connectivity index (χ1) is 23.6. The minimum absolute atomic E-state index is 0.159.